The normalized spacial score (nSPS) is 10.6. The second kappa shape index (κ2) is 7.07. The molecule has 1 amide bonds. The molecule has 0 aliphatic rings. The molecule has 3 aromatic rings. The van der Waals surface area contributed by atoms with Crippen LogP contribution < -0.4 is 14.8 Å². The summed E-state index contributed by atoms with van der Waals surface area (Å²) in [5, 5.41) is 3.79. The van der Waals surface area contributed by atoms with Crippen LogP contribution in [-0.2, 0) is 0 Å². The van der Waals surface area contributed by atoms with Gasteiger partial charge in [0.2, 0.25) is 0 Å². The minimum atomic E-state index is -0.242. The highest BCUT2D eigenvalue weighted by Crippen LogP contribution is 2.34. The van der Waals surface area contributed by atoms with E-state index in [1.807, 2.05) is 13.0 Å². The first-order valence-electron chi connectivity index (χ1n) is 7.29. The van der Waals surface area contributed by atoms with Gasteiger partial charge in [0, 0.05) is 11.6 Å². The lowest BCUT2D eigenvalue weighted by molar-refractivity contribution is 0.102. The minimum Gasteiger partial charge on any atom is -0.495 e. The Morgan fingerprint density at radius 3 is 2.92 bits per heavy atom. The van der Waals surface area contributed by atoms with Crippen molar-refractivity contribution in [2.24, 2.45) is 0 Å². The summed E-state index contributed by atoms with van der Waals surface area (Å²) in [6.45, 7) is 2.44. The van der Waals surface area contributed by atoms with Crippen molar-refractivity contribution in [3.63, 3.8) is 0 Å². The van der Waals surface area contributed by atoms with E-state index in [1.165, 1.54) is 11.3 Å². The SMILES string of the molecule is CCOc1cccc(C(=O)Nc2nc3cc(Cl)c(OC)cc3s2)c1. The van der Waals surface area contributed by atoms with Crippen molar-refractivity contribution in [3.05, 3.63) is 47.0 Å². The summed E-state index contributed by atoms with van der Waals surface area (Å²) in [4.78, 5) is 16.8. The van der Waals surface area contributed by atoms with E-state index in [0.717, 1.165) is 4.70 Å². The molecular formula is C17H15ClN2O3S. The molecule has 0 bridgehead atoms. The molecule has 1 aromatic heterocycles. The lowest BCUT2D eigenvalue weighted by Gasteiger charge is -2.05. The number of hydrogen-bond acceptors (Lipinski definition) is 5. The number of aromatic nitrogens is 1. The van der Waals surface area contributed by atoms with E-state index < -0.39 is 0 Å². The summed E-state index contributed by atoms with van der Waals surface area (Å²) in [7, 11) is 1.56. The molecule has 1 N–H and O–H groups in total. The molecule has 0 aliphatic carbocycles. The Morgan fingerprint density at radius 2 is 2.17 bits per heavy atom. The summed E-state index contributed by atoms with van der Waals surface area (Å²) < 4.78 is 11.5. The molecule has 0 unspecified atom stereocenters. The Balaban J connectivity index is 1.84. The fourth-order valence-corrected chi connectivity index (χ4v) is 3.31. The number of carbonyl (C=O) groups is 1. The second-order valence-corrected chi connectivity index (χ2v) is 6.33. The van der Waals surface area contributed by atoms with E-state index in [1.54, 1.807) is 37.4 Å². The van der Waals surface area contributed by atoms with Crippen LogP contribution >= 0.6 is 22.9 Å². The van der Waals surface area contributed by atoms with Gasteiger partial charge in [-0.25, -0.2) is 4.98 Å². The average molecular weight is 363 g/mol. The summed E-state index contributed by atoms with van der Waals surface area (Å²) in [5.74, 6) is 0.995. The molecule has 3 rings (SSSR count). The van der Waals surface area contributed by atoms with Crippen LogP contribution in [0.25, 0.3) is 10.2 Å². The molecule has 2 aromatic carbocycles. The van der Waals surface area contributed by atoms with Crippen molar-refractivity contribution in [1.82, 2.24) is 4.98 Å². The number of halogens is 1. The van der Waals surface area contributed by atoms with Crippen molar-refractivity contribution in [1.29, 1.82) is 0 Å². The lowest BCUT2D eigenvalue weighted by Crippen LogP contribution is -2.11. The fourth-order valence-electron chi connectivity index (χ4n) is 2.20. The number of hydrogen-bond donors (Lipinski definition) is 1. The molecule has 1 heterocycles. The van der Waals surface area contributed by atoms with Crippen LogP contribution in [0.3, 0.4) is 0 Å². The largest absolute Gasteiger partial charge is 0.495 e. The van der Waals surface area contributed by atoms with E-state index in [0.29, 0.717) is 39.3 Å². The number of fused-ring (bicyclic) bond motifs is 1. The van der Waals surface area contributed by atoms with Gasteiger partial charge in [0.05, 0.1) is 29.0 Å². The predicted molar refractivity (Wildman–Crippen MR) is 96.7 cm³/mol. The number of nitrogens with zero attached hydrogens (tertiary/aromatic N) is 1. The van der Waals surface area contributed by atoms with Crippen LogP contribution in [0.4, 0.5) is 5.13 Å². The number of rotatable bonds is 5. The van der Waals surface area contributed by atoms with Crippen molar-refractivity contribution >= 4 is 44.2 Å². The minimum absolute atomic E-state index is 0.242. The standard InChI is InChI=1S/C17H15ClN2O3S/c1-3-23-11-6-4-5-10(7-11)16(21)20-17-19-13-8-12(18)14(22-2)9-15(13)24-17/h4-9H,3H2,1-2H3,(H,19,20,21). The van der Waals surface area contributed by atoms with Gasteiger partial charge in [-0.2, -0.15) is 0 Å². The molecule has 0 fully saturated rings. The molecule has 5 nitrogen and oxygen atoms in total. The van der Waals surface area contributed by atoms with Gasteiger partial charge in [-0.3, -0.25) is 10.1 Å². The zero-order valence-corrected chi connectivity index (χ0v) is 14.7. The number of benzene rings is 2. The van der Waals surface area contributed by atoms with Gasteiger partial charge in [-0.05, 0) is 31.2 Å². The highest BCUT2D eigenvalue weighted by Gasteiger charge is 2.12. The third kappa shape index (κ3) is 3.44. The Kier molecular flexibility index (Phi) is 4.87. The van der Waals surface area contributed by atoms with Gasteiger partial charge in [-0.1, -0.05) is 29.0 Å². The smallest absolute Gasteiger partial charge is 0.257 e. The van der Waals surface area contributed by atoms with E-state index in [2.05, 4.69) is 10.3 Å². The number of carbonyl (C=O) groups excluding carboxylic acids is 1. The van der Waals surface area contributed by atoms with Crippen molar-refractivity contribution in [2.45, 2.75) is 6.92 Å². The maximum atomic E-state index is 12.4. The Hall–Kier alpha value is -2.31. The summed E-state index contributed by atoms with van der Waals surface area (Å²) in [6, 6.07) is 10.5. The monoisotopic (exact) mass is 362 g/mol. The topological polar surface area (TPSA) is 60.5 Å². The van der Waals surface area contributed by atoms with Crippen LogP contribution in [-0.4, -0.2) is 24.6 Å². The molecule has 7 heteroatoms. The van der Waals surface area contributed by atoms with Gasteiger partial charge in [0.1, 0.15) is 11.5 Å². The number of ether oxygens (including phenoxy) is 2. The summed E-state index contributed by atoms with van der Waals surface area (Å²) >= 11 is 7.46. The lowest BCUT2D eigenvalue weighted by atomic mass is 10.2. The summed E-state index contributed by atoms with van der Waals surface area (Å²) in [5.41, 5.74) is 1.22. The van der Waals surface area contributed by atoms with Gasteiger partial charge < -0.3 is 9.47 Å². The predicted octanol–water partition coefficient (Wildman–Crippen LogP) is 4.61. The molecule has 0 spiro atoms. The first-order chi connectivity index (χ1) is 11.6. The number of thiazole rings is 1. The van der Waals surface area contributed by atoms with Crippen LogP contribution in [0, 0.1) is 0 Å². The average Bonchev–Trinajstić information content (AvgIpc) is 2.95. The van der Waals surface area contributed by atoms with Crippen LogP contribution in [0.1, 0.15) is 17.3 Å². The van der Waals surface area contributed by atoms with Crippen LogP contribution in [0.2, 0.25) is 5.02 Å². The molecule has 0 saturated heterocycles. The second-order valence-electron chi connectivity index (χ2n) is 4.89. The van der Waals surface area contributed by atoms with Gasteiger partial charge in [0.25, 0.3) is 5.91 Å². The first kappa shape index (κ1) is 16.5. The Morgan fingerprint density at radius 1 is 1.33 bits per heavy atom. The Labute approximate surface area is 148 Å². The molecule has 0 aliphatic heterocycles. The molecule has 0 atom stereocenters. The number of anilines is 1. The molecular weight excluding hydrogens is 348 g/mol. The quantitative estimate of drug-likeness (QED) is 0.720. The van der Waals surface area contributed by atoms with Crippen LogP contribution in [0.15, 0.2) is 36.4 Å². The first-order valence-corrected chi connectivity index (χ1v) is 8.48. The van der Waals surface area contributed by atoms with Crippen molar-refractivity contribution < 1.29 is 14.3 Å². The summed E-state index contributed by atoms with van der Waals surface area (Å²) in [6.07, 6.45) is 0. The van der Waals surface area contributed by atoms with Crippen LogP contribution in [0.5, 0.6) is 11.5 Å². The third-order valence-electron chi connectivity index (χ3n) is 3.29. The fraction of sp³-hybridized carbons (Fsp3) is 0.176. The molecule has 0 saturated carbocycles. The van der Waals surface area contributed by atoms with Gasteiger partial charge in [-0.15, -0.1) is 0 Å². The van der Waals surface area contributed by atoms with Gasteiger partial charge >= 0.3 is 0 Å². The molecule has 124 valence electrons. The maximum Gasteiger partial charge on any atom is 0.257 e. The molecule has 24 heavy (non-hydrogen) atoms. The number of methoxy groups -OCH3 is 1. The third-order valence-corrected chi connectivity index (χ3v) is 4.52. The van der Waals surface area contributed by atoms with E-state index in [9.17, 15) is 4.79 Å². The van der Waals surface area contributed by atoms with E-state index in [-0.39, 0.29) is 5.91 Å². The highest BCUT2D eigenvalue weighted by atomic mass is 35.5. The highest BCUT2D eigenvalue weighted by molar-refractivity contribution is 7.22. The van der Waals surface area contributed by atoms with E-state index in [4.69, 9.17) is 21.1 Å². The van der Waals surface area contributed by atoms with Gasteiger partial charge in [0.15, 0.2) is 5.13 Å². The zero-order chi connectivity index (χ0) is 17.1. The maximum absolute atomic E-state index is 12.4. The number of nitrogens with one attached hydrogen (secondary N) is 1. The van der Waals surface area contributed by atoms with Crippen molar-refractivity contribution in [3.8, 4) is 11.5 Å². The zero-order valence-electron chi connectivity index (χ0n) is 13.1. The number of amides is 1. The van der Waals surface area contributed by atoms with Crippen molar-refractivity contribution in [2.75, 3.05) is 19.0 Å². The Bertz CT molecular complexity index is 895. The molecule has 0 radical (unpaired) electrons. The van der Waals surface area contributed by atoms with E-state index >= 15 is 0 Å².